The number of para-hydroxylation sites is 1. The van der Waals surface area contributed by atoms with Crippen LogP contribution in [0.25, 0.3) is 5.69 Å². The number of aryl methyl sites for hydroxylation is 1. The first-order valence-electron chi connectivity index (χ1n) is 10.1. The zero-order valence-corrected chi connectivity index (χ0v) is 17.7. The standard InChI is InChI=1S/C24H24N2O5/c1-15-11-20(16(2)26(15)19-7-5-4-6-8-19)24(28)31-17(3)23(27)25-13-18-9-10-21-22(12-18)30-14-29-21/h4-12,17H,13-14H2,1-3H3,(H,25,27). The molecule has 1 amide bonds. The highest BCUT2D eigenvalue weighted by atomic mass is 16.7. The van der Waals surface area contributed by atoms with Crippen molar-refractivity contribution >= 4 is 11.9 Å². The number of nitrogens with one attached hydrogen (secondary N) is 1. The summed E-state index contributed by atoms with van der Waals surface area (Å²) in [5, 5.41) is 2.79. The Kier molecular flexibility index (Phi) is 5.66. The maximum Gasteiger partial charge on any atom is 0.340 e. The van der Waals surface area contributed by atoms with Gasteiger partial charge < -0.3 is 24.1 Å². The number of ether oxygens (including phenoxy) is 3. The summed E-state index contributed by atoms with van der Waals surface area (Å²) in [6, 6.07) is 17.0. The van der Waals surface area contributed by atoms with Crippen molar-refractivity contribution < 1.29 is 23.8 Å². The van der Waals surface area contributed by atoms with Crippen LogP contribution in [0.3, 0.4) is 0 Å². The molecule has 0 saturated carbocycles. The molecule has 0 fully saturated rings. The Labute approximate surface area is 180 Å². The second-order valence-corrected chi connectivity index (χ2v) is 7.41. The number of benzene rings is 2. The minimum atomic E-state index is -0.929. The summed E-state index contributed by atoms with van der Waals surface area (Å²) in [4.78, 5) is 25.2. The van der Waals surface area contributed by atoms with Gasteiger partial charge in [0.25, 0.3) is 5.91 Å². The van der Waals surface area contributed by atoms with E-state index in [0.717, 1.165) is 22.6 Å². The lowest BCUT2D eigenvalue weighted by Gasteiger charge is -2.14. The summed E-state index contributed by atoms with van der Waals surface area (Å²) in [5.74, 6) is 0.439. The number of amides is 1. The molecule has 7 nitrogen and oxygen atoms in total. The first-order chi connectivity index (χ1) is 14.9. The van der Waals surface area contributed by atoms with E-state index in [-0.39, 0.29) is 12.7 Å². The van der Waals surface area contributed by atoms with Gasteiger partial charge >= 0.3 is 5.97 Å². The van der Waals surface area contributed by atoms with E-state index in [0.29, 0.717) is 23.6 Å². The highest BCUT2D eigenvalue weighted by Gasteiger charge is 2.23. The molecule has 0 radical (unpaired) electrons. The normalized spacial score (nSPS) is 13.0. The Hall–Kier alpha value is -3.74. The Morgan fingerprint density at radius 2 is 1.81 bits per heavy atom. The van der Waals surface area contributed by atoms with Crippen molar-refractivity contribution in [2.75, 3.05) is 6.79 Å². The molecule has 1 aromatic heterocycles. The second-order valence-electron chi connectivity index (χ2n) is 7.41. The molecule has 0 saturated heterocycles. The van der Waals surface area contributed by atoms with Crippen LogP contribution in [0.15, 0.2) is 54.6 Å². The first kappa shape index (κ1) is 20.5. The van der Waals surface area contributed by atoms with Gasteiger partial charge in [-0.3, -0.25) is 4.79 Å². The van der Waals surface area contributed by atoms with Crippen molar-refractivity contribution in [3.05, 3.63) is 77.1 Å². The van der Waals surface area contributed by atoms with E-state index in [1.807, 2.05) is 60.9 Å². The number of rotatable bonds is 6. The molecule has 2 heterocycles. The molecule has 0 spiro atoms. The molecule has 0 aliphatic carbocycles. The van der Waals surface area contributed by atoms with Crippen molar-refractivity contribution in [1.82, 2.24) is 9.88 Å². The molecule has 4 rings (SSSR count). The van der Waals surface area contributed by atoms with E-state index >= 15 is 0 Å². The molecule has 0 bridgehead atoms. The molecule has 3 aromatic rings. The van der Waals surface area contributed by atoms with Gasteiger partial charge in [0.15, 0.2) is 17.6 Å². The highest BCUT2D eigenvalue weighted by molar-refractivity contribution is 5.93. The summed E-state index contributed by atoms with van der Waals surface area (Å²) in [5.41, 5.74) is 3.95. The molecule has 160 valence electrons. The van der Waals surface area contributed by atoms with Gasteiger partial charge in [0.1, 0.15) is 0 Å². The van der Waals surface area contributed by atoms with Crippen LogP contribution in [-0.2, 0) is 16.1 Å². The number of hydrogen-bond acceptors (Lipinski definition) is 5. The van der Waals surface area contributed by atoms with Gasteiger partial charge in [-0.05, 0) is 56.7 Å². The molecular formula is C24H24N2O5. The smallest absolute Gasteiger partial charge is 0.340 e. The van der Waals surface area contributed by atoms with Crippen molar-refractivity contribution in [2.45, 2.75) is 33.4 Å². The van der Waals surface area contributed by atoms with Crippen LogP contribution in [0.4, 0.5) is 0 Å². The first-order valence-corrected chi connectivity index (χ1v) is 10.1. The third kappa shape index (κ3) is 4.26. The van der Waals surface area contributed by atoms with Crippen LogP contribution in [0.5, 0.6) is 11.5 Å². The van der Waals surface area contributed by atoms with Gasteiger partial charge in [-0.25, -0.2) is 4.79 Å². The SMILES string of the molecule is Cc1cc(C(=O)OC(C)C(=O)NCc2ccc3c(c2)OCO3)c(C)n1-c1ccccc1. The summed E-state index contributed by atoms with van der Waals surface area (Å²) in [6.07, 6.45) is -0.929. The Balaban J connectivity index is 1.39. The third-order valence-corrected chi connectivity index (χ3v) is 5.22. The maximum absolute atomic E-state index is 12.7. The van der Waals surface area contributed by atoms with Crippen molar-refractivity contribution in [2.24, 2.45) is 0 Å². The Morgan fingerprint density at radius 3 is 2.58 bits per heavy atom. The molecule has 2 aromatic carbocycles. The number of fused-ring (bicyclic) bond motifs is 1. The van der Waals surface area contributed by atoms with Crippen LogP contribution in [0, 0.1) is 13.8 Å². The zero-order chi connectivity index (χ0) is 22.0. The van der Waals surface area contributed by atoms with Crippen LogP contribution in [0.2, 0.25) is 0 Å². The fourth-order valence-corrected chi connectivity index (χ4v) is 3.61. The molecule has 7 heteroatoms. The molecular weight excluding hydrogens is 396 g/mol. The van der Waals surface area contributed by atoms with Gasteiger partial charge in [-0.2, -0.15) is 0 Å². The highest BCUT2D eigenvalue weighted by Crippen LogP contribution is 2.32. The van der Waals surface area contributed by atoms with Crippen molar-refractivity contribution in [1.29, 1.82) is 0 Å². The quantitative estimate of drug-likeness (QED) is 0.616. The lowest BCUT2D eigenvalue weighted by atomic mass is 10.2. The van der Waals surface area contributed by atoms with Crippen molar-refractivity contribution in [3.8, 4) is 17.2 Å². The van der Waals surface area contributed by atoms with Crippen LogP contribution >= 0.6 is 0 Å². The molecule has 1 aliphatic heterocycles. The fourth-order valence-electron chi connectivity index (χ4n) is 3.61. The number of esters is 1. The fraction of sp³-hybridized carbons (Fsp3) is 0.250. The number of aromatic nitrogens is 1. The number of carbonyl (C=O) groups excluding carboxylic acids is 2. The lowest BCUT2D eigenvalue weighted by molar-refractivity contribution is -0.129. The lowest BCUT2D eigenvalue weighted by Crippen LogP contribution is -2.35. The van der Waals surface area contributed by atoms with Crippen molar-refractivity contribution in [3.63, 3.8) is 0 Å². The average molecular weight is 420 g/mol. The maximum atomic E-state index is 12.7. The number of hydrogen-bond donors (Lipinski definition) is 1. The third-order valence-electron chi connectivity index (χ3n) is 5.22. The molecule has 1 unspecified atom stereocenters. The summed E-state index contributed by atoms with van der Waals surface area (Å²) < 4.78 is 18.0. The topological polar surface area (TPSA) is 78.8 Å². The van der Waals surface area contributed by atoms with E-state index < -0.39 is 12.1 Å². The molecule has 1 N–H and O–H groups in total. The summed E-state index contributed by atoms with van der Waals surface area (Å²) in [6.45, 7) is 5.84. The predicted octanol–water partition coefficient (Wildman–Crippen LogP) is 3.68. The minimum absolute atomic E-state index is 0.197. The monoisotopic (exact) mass is 420 g/mol. The van der Waals surface area contributed by atoms with Gasteiger partial charge in [0.2, 0.25) is 6.79 Å². The van der Waals surface area contributed by atoms with Crippen LogP contribution < -0.4 is 14.8 Å². The summed E-state index contributed by atoms with van der Waals surface area (Å²) >= 11 is 0. The second kappa shape index (κ2) is 8.55. The Bertz CT molecular complexity index is 1120. The minimum Gasteiger partial charge on any atom is -0.454 e. The predicted molar refractivity (Wildman–Crippen MR) is 115 cm³/mol. The van der Waals surface area contributed by atoms with Crippen LogP contribution in [-0.4, -0.2) is 29.3 Å². The van der Waals surface area contributed by atoms with Crippen LogP contribution in [0.1, 0.15) is 34.2 Å². The van der Waals surface area contributed by atoms with E-state index in [4.69, 9.17) is 14.2 Å². The Morgan fingerprint density at radius 1 is 1.06 bits per heavy atom. The molecule has 1 atom stereocenters. The number of nitrogens with zero attached hydrogens (tertiary/aromatic N) is 1. The van der Waals surface area contributed by atoms with Gasteiger partial charge in [0, 0.05) is 23.6 Å². The van der Waals surface area contributed by atoms with E-state index in [1.54, 1.807) is 19.1 Å². The van der Waals surface area contributed by atoms with Gasteiger partial charge in [-0.1, -0.05) is 24.3 Å². The van der Waals surface area contributed by atoms with Gasteiger partial charge in [0.05, 0.1) is 5.56 Å². The number of carbonyl (C=O) groups is 2. The summed E-state index contributed by atoms with van der Waals surface area (Å²) in [7, 11) is 0. The zero-order valence-electron chi connectivity index (χ0n) is 17.7. The largest absolute Gasteiger partial charge is 0.454 e. The van der Waals surface area contributed by atoms with E-state index in [9.17, 15) is 9.59 Å². The van der Waals surface area contributed by atoms with Gasteiger partial charge in [-0.15, -0.1) is 0 Å². The average Bonchev–Trinajstić information content (AvgIpc) is 3.35. The van der Waals surface area contributed by atoms with E-state index in [2.05, 4.69) is 5.32 Å². The molecule has 31 heavy (non-hydrogen) atoms. The van der Waals surface area contributed by atoms with E-state index in [1.165, 1.54) is 0 Å². The molecule has 1 aliphatic rings.